The van der Waals surface area contributed by atoms with Crippen molar-refractivity contribution in [1.29, 1.82) is 5.41 Å². The van der Waals surface area contributed by atoms with Crippen molar-refractivity contribution in [1.82, 2.24) is 3.97 Å². The summed E-state index contributed by atoms with van der Waals surface area (Å²) in [5.74, 6) is 0. The Kier molecular flexibility index (Phi) is 4.74. The smallest absolute Gasteiger partial charge is 0.268 e. The highest BCUT2D eigenvalue weighted by Crippen LogP contribution is 2.25. The molecule has 0 saturated carbocycles. The molecule has 6 heteroatoms. The fourth-order valence-corrected chi connectivity index (χ4v) is 4.33. The maximum Gasteiger partial charge on any atom is 0.268 e. The van der Waals surface area contributed by atoms with E-state index in [4.69, 9.17) is 11.1 Å². The summed E-state index contributed by atoms with van der Waals surface area (Å²) < 4.78 is 27.1. The average Bonchev–Trinajstić information content (AvgIpc) is 3.01. The molecule has 0 spiro atoms. The summed E-state index contributed by atoms with van der Waals surface area (Å²) in [6.45, 7) is 1.87. The van der Waals surface area contributed by atoms with E-state index in [0.29, 0.717) is 24.1 Å². The van der Waals surface area contributed by atoms with Crippen LogP contribution in [0.4, 0.5) is 0 Å². The fourth-order valence-electron chi connectivity index (χ4n) is 2.97. The van der Waals surface area contributed by atoms with Gasteiger partial charge in [-0.1, -0.05) is 30.3 Å². The van der Waals surface area contributed by atoms with Crippen LogP contribution in [0.2, 0.25) is 0 Å². The van der Waals surface area contributed by atoms with Crippen molar-refractivity contribution < 1.29 is 8.42 Å². The van der Waals surface area contributed by atoms with Crippen LogP contribution in [0.3, 0.4) is 0 Å². The largest absolute Gasteiger partial charge is 0.328 e. The molecule has 130 valence electrons. The summed E-state index contributed by atoms with van der Waals surface area (Å²) in [6.07, 6.45) is 2.57. The van der Waals surface area contributed by atoms with Crippen LogP contribution in [0.5, 0.6) is 0 Å². The molecule has 3 N–H and O–H groups in total. The molecule has 0 aliphatic rings. The predicted octanol–water partition coefficient (Wildman–Crippen LogP) is 3.18. The van der Waals surface area contributed by atoms with Gasteiger partial charge in [-0.15, -0.1) is 0 Å². The molecule has 0 aliphatic carbocycles. The van der Waals surface area contributed by atoms with Crippen molar-refractivity contribution in [2.75, 3.05) is 0 Å². The molecule has 5 nitrogen and oxygen atoms in total. The lowest BCUT2D eigenvalue weighted by atomic mass is 10.0. The number of aromatic nitrogens is 1. The van der Waals surface area contributed by atoms with E-state index in [1.54, 1.807) is 48.7 Å². The Balaban J connectivity index is 2.03. The molecular formula is C19H21N3O2S. The van der Waals surface area contributed by atoms with Crippen molar-refractivity contribution in [3.8, 4) is 0 Å². The highest BCUT2D eigenvalue weighted by Gasteiger charge is 2.19. The lowest BCUT2D eigenvalue weighted by molar-refractivity contribution is 0.589. The number of nitrogens with zero attached hydrogens (tertiary/aromatic N) is 1. The topological polar surface area (TPSA) is 88.9 Å². The maximum atomic E-state index is 12.9. The Hall–Kier alpha value is -2.44. The zero-order valence-corrected chi connectivity index (χ0v) is 14.8. The van der Waals surface area contributed by atoms with E-state index < -0.39 is 10.0 Å². The third kappa shape index (κ3) is 3.50. The van der Waals surface area contributed by atoms with Gasteiger partial charge in [-0.05, 0) is 36.8 Å². The molecule has 1 aromatic heterocycles. The first-order valence-corrected chi connectivity index (χ1v) is 9.55. The third-order valence-corrected chi connectivity index (χ3v) is 5.76. The Bertz CT molecular complexity index is 1010. The van der Waals surface area contributed by atoms with Gasteiger partial charge < -0.3 is 11.1 Å². The van der Waals surface area contributed by atoms with Crippen LogP contribution < -0.4 is 5.73 Å². The van der Waals surface area contributed by atoms with E-state index in [-0.39, 0.29) is 10.9 Å². The highest BCUT2D eigenvalue weighted by molar-refractivity contribution is 7.90. The minimum Gasteiger partial charge on any atom is -0.328 e. The summed E-state index contributed by atoms with van der Waals surface area (Å²) in [4.78, 5) is 0.252. The van der Waals surface area contributed by atoms with Gasteiger partial charge in [0.25, 0.3) is 10.0 Å². The summed E-state index contributed by atoms with van der Waals surface area (Å²) >= 11 is 0. The van der Waals surface area contributed by atoms with Crippen molar-refractivity contribution >= 4 is 26.6 Å². The molecule has 0 aliphatic heterocycles. The first-order valence-electron chi connectivity index (χ1n) is 8.11. The van der Waals surface area contributed by atoms with Gasteiger partial charge in [-0.3, -0.25) is 0 Å². The van der Waals surface area contributed by atoms with Crippen molar-refractivity contribution in [3.05, 3.63) is 66.4 Å². The second-order valence-corrected chi connectivity index (χ2v) is 8.06. The second kappa shape index (κ2) is 6.82. The molecule has 3 rings (SSSR count). The fraction of sp³-hybridized carbons (Fsp3) is 0.211. The van der Waals surface area contributed by atoms with Gasteiger partial charge in [0.2, 0.25) is 0 Å². The van der Waals surface area contributed by atoms with Gasteiger partial charge in [-0.25, -0.2) is 12.4 Å². The summed E-state index contributed by atoms with van der Waals surface area (Å²) in [7, 11) is -3.64. The lowest BCUT2D eigenvalue weighted by Gasteiger charge is -2.10. The molecular weight excluding hydrogens is 334 g/mol. The molecule has 0 saturated heterocycles. The maximum absolute atomic E-state index is 12.9. The number of nitrogens with two attached hydrogens (primary N) is 1. The van der Waals surface area contributed by atoms with Crippen LogP contribution in [-0.2, 0) is 16.4 Å². The third-order valence-electron chi connectivity index (χ3n) is 4.06. The Morgan fingerprint density at radius 2 is 1.84 bits per heavy atom. The first kappa shape index (κ1) is 17.4. The van der Waals surface area contributed by atoms with E-state index in [1.165, 1.54) is 3.97 Å². The molecule has 1 unspecified atom stereocenters. The standard InChI is InChI=1S/C19H21N3O2S/c1-14(20)12-16(21)13-15-6-5-9-19-18(15)10-11-22(19)25(23,24)17-7-3-2-4-8-17/h2-11,14,21H,12-13,20H2,1H3. The Morgan fingerprint density at radius 1 is 1.12 bits per heavy atom. The van der Waals surface area contributed by atoms with Gasteiger partial charge in [0.1, 0.15) is 0 Å². The molecule has 2 aromatic carbocycles. The van der Waals surface area contributed by atoms with Crippen molar-refractivity contribution in [2.45, 2.75) is 30.7 Å². The predicted molar refractivity (Wildman–Crippen MR) is 101 cm³/mol. The number of nitrogens with one attached hydrogen (secondary N) is 1. The lowest BCUT2D eigenvalue weighted by Crippen LogP contribution is -2.20. The molecule has 1 atom stereocenters. The normalized spacial score (nSPS) is 13.0. The van der Waals surface area contributed by atoms with Crippen LogP contribution in [0.1, 0.15) is 18.9 Å². The van der Waals surface area contributed by atoms with Crippen molar-refractivity contribution in [3.63, 3.8) is 0 Å². The quantitative estimate of drug-likeness (QED) is 0.666. The van der Waals surface area contributed by atoms with Crippen LogP contribution in [0.25, 0.3) is 10.9 Å². The van der Waals surface area contributed by atoms with Crippen LogP contribution in [0, 0.1) is 5.41 Å². The minimum absolute atomic E-state index is 0.0604. The van der Waals surface area contributed by atoms with E-state index in [1.807, 2.05) is 19.1 Å². The molecule has 0 fully saturated rings. The zero-order valence-electron chi connectivity index (χ0n) is 14.0. The van der Waals surface area contributed by atoms with E-state index in [9.17, 15) is 8.42 Å². The second-order valence-electron chi connectivity index (χ2n) is 6.24. The minimum atomic E-state index is -3.64. The van der Waals surface area contributed by atoms with Gasteiger partial charge in [-0.2, -0.15) is 0 Å². The van der Waals surface area contributed by atoms with E-state index >= 15 is 0 Å². The van der Waals surface area contributed by atoms with Gasteiger partial charge in [0, 0.05) is 36.2 Å². The SMILES string of the molecule is CC(N)CC(=N)Cc1cccc2c1ccn2S(=O)(=O)c1ccccc1. The number of rotatable bonds is 6. The summed E-state index contributed by atoms with van der Waals surface area (Å²) in [6, 6.07) is 15.7. The Labute approximate surface area is 147 Å². The van der Waals surface area contributed by atoms with Crippen LogP contribution >= 0.6 is 0 Å². The van der Waals surface area contributed by atoms with Crippen LogP contribution in [0.15, 0.2) is 65.7 Å². The molecule has 25 heavy (non-hydrogen) atoms. The van der Waals surface area contributed by atoms with Crippen molar-refractivity contribution in [2.24, 2.45) is 5.73 Å². The monoisotopic (exact) mass is 355 g/mol. The summed E-state index contributed by atoms with van der Waals surface area (Å²) in [5, 5.41) is 8.93. The number of fused-ring (bicyclic) bond motifs is 1. The average molecular weight is 355 g/mol. The molecule has 1 heterocycles. The number of hydrogen-bond acceptors (Lipinski definition) is 4. The zero-order chi connectivity index (χ0) is 18.0. The van der Waals surface area contributed by atoms with E-state index in [2.05, 4.69) is 0 Å². The van der Waals surface area contributed by atoms with Gasteiger partial charge in [0.05, 0.1) is 10.4 Å². The Morgan fingerprint density at radius 3 is 2.52 bits per heavy atom. The van der Waals surface area contributed by atoms with E-state index in [0.717, 1.165) is 10.9 Å². The van der Waals surface area contributed by atoms with Gasteiger partial charge in [0.15, 0.2) is 0 Å². The molecule has 0 bridgehead atoms. The molecule has 0 radical (unpaired) electrons. The summed E-state index contributed by atoms with van der Waals surface area (Å²) in [5.41, 5.74) is 7.86. The highest BCUT2D eigenvalue weighted by atomic mass is 32.2. The van der Waals surface area contributed by atoms with Gasteiger partial charge >= 0.3 is 0 Å². The number of benzene rings is 2. The first-order chi connectivity index (χ1) is 11.9. The molecule has 3 aromatic rings. The van der Waals surface area contributed by atoms with Crippen LogP contribution in [-0.4, -0.2) is 24.1 Å². The number of hydrogen-bond donors (Lipinski definition) is 2. The molecule has 0 amide bonds.